The Balaban J connectivity index is 2.06. The lowest BCUT2D eigenvalue weighted by Crippen LogP contribution is -2.10. The van der Waals surface area contributed by atoms with Crippen LogP contribution in [0.4, 0.5) is 5.69 Å². The normalized spacial score (nSPS) is 10.3. The molecule has 0 amide bonds. The summed E-state index contributed by atoms with van der Waals surface area (Å²) >= 11 is 10.1. The number of hydrogen-bond acceptors (Lipinski definition) is 4. The van der Waals surface area contributed by atoms with E-state index in [-0.39, 0.29) is 0 Å². The fourth-order valence-corrected chi connectivity index (χ4v) is 3.14. The highest BCUT2D eigenvalue weighted by atomic mass is 79.9. The number of nitrogens with zero attached hydrogens (tertiary/aromatic N) is 1. The number of aromatic nitrogens is 1. The first-order valence-corrected chi connectivity index (χ1v) is 7.32. The molecule has 2 rings (SSSR count). The van der Waals surface area contributed by atoms with Crippen LogP contribution in [0, 0.1) is 6.92 Å². The Hall–Kier alpha value is -0.980. The molecular formula is C12H12BrN3S2. The van der Waals surface area contributed by atoms with E-state index < -0.39 is 0 Å². The van der Waals surface area contributed by atoms with Gasteiger partial charge in [0.1, 0.15) is 4.99 Å². The summed E-state index contributed by atoms with van der Waals surface area (Å²) in [7, 11) is 0. The molecule has 0 saturated heterocycles. The smallest absolute Gasteiger partial charge is 0.105 e. The number of aryl methyl sites for hydroxylation is 1. The van der Waals surface area contributed by atoms with Gasteiger partial charge in [0, 0.05) is 26.8 Å². The SMILES string of the molecule is Cc1ncc(CNc2ccc(C(N)=S)c(Br)c2)s1. The molecule has 3 nitrogen and oxygen atoms in total. The van der Waals surface area contributed by atoms with E-state index in [0.29, 0.717) is 4.99 Å². The van der Waals surface area contributed by atoms with Crippen LogP contribution < -0.4 is 11.1 Å². The van der Waals surface area contributed by atoms with Gasteiger partial charge in [0.2, 0.25) is 0 Å². The zero-order valence-corrected chi connectivity index (χ0v) is 13.0. The zero-order valence-electron chi connectivity index (χ0n) is 9.74. The summed E-state index contributed by atoms with van der Waals surface area (Å²) < 4.78 is 0.903. The van der Waals surface area contributed by atoms with Crippen LogP contribution in [-0.2, 0) is 6.54 Å². The van der Waals surface area contributed by atoms with Gasteiger partial charge in [-0.2, -0.15) is 0 Å². The summed E-state index contributed by atoms with van der Waals surface area (Å²) in [6.45, 7) is 2.77. The summed E-state index contributed by atoms with van der Waals surface area (Å²) in [6, 6.07) is 5.85. The first-order valence-electron chi connectivity index (χ1n) is 5.31. The van der Waals surface area contributed by atoms with Gasteiger partial charge in [-0.15, -0.1) is 11.3 Å². The van der Waals surface area contributed by atoms with E-state index in [4.69, 9.17) is 18.0 Å². The summed E-state index contributed by atoms with van der Waals surface area (Å²) in [4.78, 5) is 5.82. The van der Waals surface area contributed by atoms with E-state index >= 15 is 0 Å². The molecule has 0 aliphatic heterocycles. The third-order valence-electron chi connectivity index (χ3n) is 2.37. The number of halogens is 1. The van der Waals surface area contributed by atoms with E-state index in [9.17, 15) is 0 Å². The van der Waals surface area contributed by atoms with Gasteiger partial charge >= 0.3 is 0 Å². The van der Waals surface area contributed by atoms with Crippen molar-refractivity contribution >= 4 is 50.2 Å². The van der Waals surface area contributed by atoms with Crippen molar-refractivity contribution in [1.29, 1.82) is 0 Å². The third kappa shape index (κ3) is 3.28. The highest BCUT2D eigenvalue weighted by molar-refractivity contribution is 9.10. The molecular weight excluding hydrogens is 330 g/mol. The quantitative estimate of drug-likeness (QED) is 0.836. The number of hydrogen-bond donors (Lipinski definition) is 2. The Morgan fingerprint density at radius 1 is 1.56 bits per heavy atom. The molecule has 0 spiro atoms. The van der Waals surface area contributed by atoms with Crippen LogP contribution in [0.5, 0.6) is 0 Å². The number of anilines is 1. The predicted molar refractivity (Wildman–Crippen MR) is 84.2 cm³/mol. The Morgan fingerprint density at radius 3 is 2.89 bits per heavy atom. The Kier molecular flexibility index (Phi) is 4.31. The number of nitrogens with one attached hydrogen (secondary N) is 1. The van der Waals surface area contributed by atoms with Crippen LogP contribution in [0.15, 0.2) is 28.9 Å². The standard InChI is InChI=1S/C12H12BrN3S2/c1-7-15-5-9(18-7)6-16-8-2-3-10(12(14)17)11(13)4-8/h2-5,16H,6H2,1H3,(H2,14,17). The second-order valence-corrected chi connectivity index (χ2v) is 6.37. The van der Waals surface area contributed by atoms with Gasteiger partial charge < -0.3 is 11.1 Å². The topological polar surface area (TPSA) is 50.9 Å². The van der Waals surface area contributed by atoms with E-state index in [2.05, 4.69) is 26.2 Å². The van der Waals surface area contributed by atoms with Crippen molar-refractivity contribution in [2.45, 2.75) is 13.5 Å². The van der Waals surface area contributed by atoms with Crippen molar-refractivity contribution in [3.05, 3.63) is 44.3 Å². The molecule has 94 valence electrons. The molecule has 0 aliphatic rings. The lowest BCUT2D eigenvalue weighted by Gasteiger charge is -2.08. The molecule has 3 N–H and O–H groups in total. The van der Waals surface area contributed by atoms with Crippen LogP contribution >= 0.6 is 39.5 Å². The molecule has 0 atom stereocenters. The molecule has 18 heavy (non-hydrogen) atoms. The fraction of sp³-hybridized carbons (Fsp3) is 0.167. The van der Waals surface area contributed by atoms with Crippen LogP contribution in [0.3, 0.4) is 0 Å². The molecule has 0 saturated carbocycles. The summed E-state index contributed by atoms with van der Waals surface area (Å²) in [5, 5.41) is 4.42. The molecule has 6 heteroatoms. The van der Waals surface area contributed by atoms with E-state index in [0.717, 1.165) is 27.3 Å². The average Bonchev–Trinajstić information content (AvgIpc) is 2.72. The van der Waals surface area contributed by atoms with Gasteiger partial charge in [0.05, 0.1) is 11.6 Å². The maximum Gasteiger partial charge on any atom is 0.105 e. The Bertz CT molecular complexity index is 580. The van der Waals surface area contributed by atoms with Crippen LogP contribution in [0.25, 0.3) is 0 Å². The molecule has 0 fully saturated rings. The maximum atomic E-state index is 5.61. The Labute approximate surface area is 124 Å². The third-order valence-corrected chi connectivity index (χ3v) is 4.16. The van der Waals surface area contributed by atoms with Crippen LogP contribution in [-0.4, -0.2) is 9.97 Å². The molecule has 0 unspecified atom stereocenters. The van der Waals surface area contributed by atoms with Gasteiger partial charge in [-0.25, -0.2) is 4.98 Å². The van der Waals surface area contributed by atoms with Gasteiger partial charge in [0.15, 0.2) is 0 Å². The van der Waals surface area contributed by atoms with Gasteiger partial charge in [0.25, 0.3) is 0 Å². The lowest BCUT2D eigenvalue weighted by atomic mass is 10.2. The number of thiazole rings is 1. The summed E-state index contributed by atoms with van der Waals surface area (Å²) in [5.74, 6) is 0. The molecule has 0 radical (unpaired) electrons. The molecule has 1 aromatic carbocycles. The number of thiocarbonyl (C=S) groups is 1. The van der Waals surface area contributed by atoms with E-state index in [1.807, 2.05) is 31.3 Å². The number of benzene rings is 1. The average molecular weight is 342 g/mol. The second kappa shape index (κ2) is 5.77. The van der Waals surface area contributed by atoms with Crippen LogP contribution in [0.1, 0.15) is 15.4 Å². The molecule has 1 aromatic heterocycles. The van der Waals surface area contributed by atoms with Crippen molar-refractivity contribution in [2.75, 3.05) is 5.32 Å². The minimum atomic E-state index is 0.395. The largest absolute Gasteiger partial charge is 0.389 e. The number of rotatable bonds is 4. The van der Waals surface area contributed by atoms with E-state index in [1.165, 1.54) is 4.88 Å². The fourth-order valence-electron chi connectivity index (χ4n) is 1.50. The van der Waals surface area contributed by atoms with Crippen molar-refractivity contribution < 1.29 is 0 Å². The second-order valence-electron chi connectivity index (χ2n) is 3.76. The van der Waals surface area contributed by atoms with Crippen molar-refractivity contribution in [1.82, 2.24) is 4.98 Å². The maximum absolute atomic E-state index is 5.61. The summed E-state index contributed by atoms with van der Waals surface area (Å²) in [6.07, 6.45) is 1.89. The minimum absolute atomic E-state index is 0.395. The zero-order chi connectivity index (χ0) is 13.1. The predicted octanol–water partition coefficient (Wildman–Crippen LogP) is 3.46. The molecule has 1 heterocycles. The van der Waals surface area contributed by atoms with Gasteiger partial charge in [-0.05, 0) is 41.1 Å². The van der Waals surface area contributed by atoms with Crippen molar-refractivity contribution in [3.8, 4) is 0 Å². The highest BCUT2D eigenvalue weighted by Gasteiger charge is 2.04. The molecule has 0 bridgehead atoms. The molecule has 2 aromatic rings. The lowest BCUT2D eigenvalue weighted by molar-refractivity contribution is 1.17. The molecule has 0 aliphatic carbocycles. The van der Waals surface area contributed by atoms with Crippen molar-refractivity contribution in [3.63, 3.8) is 0 Å². The first-order chi connectivity index (χ1) is 8.56. The minimum Gasteiger partial charge on any atom is -0.389 e. The van der Waals surface area contributed by atoms with Crippen molar-refractivity contribution in [2.24, 2.45) is 5.73 Å². The number of nitrogens with two attached hydrogens (primary N) is 1. The van der Waals surface area contributed by atoms with E-state index in [1.54, 1.807) is 11.3 Å². The van der Waals surface area contributed by atoms with Gasteiger partial charge in [-0.1, -0.05) is 12.2 Å². The first kappa shape index (κ1) is 13.5. The monoisotopic (exact) mass is 341 g/mol. The van der Waals surface area contributed by atoms with Crippen LogP contribution in [0.2, 0.25) is 0 Å². The Morgan fingerprint density at radius 2 is 2.33 bits per heavy atom. The van der Waals surface area contributed by atoms with Gasteiger partial charge in [-0.3, -0.25) is 0 Å². The highest BCUT2D eigenvalue weighted by Crippen LogP contribution is 2.22. The summed E-state index contributed by atoms with van der Waals surface area (Å²) in [5.41, 5.74) is 7.48.